The van der Waals surface area contributed by atoms with Gasteiger partial charge in [0.15, 0.2) is 0 Å². The summed E-state index contributed by atoms with van der Waals surface area (Å²) in [5.41, 5.74) is 5.13. The molecule has 0 saturated carbocycles. The van der Waals surface area contributed by atoms with Gasteiger partial charge in [0, 0.05) is 17.7 Å². The van der Waals surface area contributed by atoms with Gasteiger partial charge in [0.1, 0.15) is 11.4 Å². The van der Waals surface area contributed by atoms with Gasteiger partial charge in [0.05, 0.1) is 18.8 Å². The first-order chi connectivity index (χ1) is 7.96. The lowest BCUT2D eigenvalue weighted by Crippen LogP contribution is -2.39. The molecule has 3 atom stereocenters. The van der Waals surface area contributed by atoms with Crippen LogP contribution in [0.25, 0.3) is 0 Å². The first kappa shape index (κ1) is 12.3. The maximum Gasteiger partial charge on any atom is 0.131 e. The number of nitrogens with two attached hydrogens (primary N) is 1. The van der Waals surface area contributed by atoms with E-state index in [2.05, 4.69) is 0 Å². The standard InChI is InChI=1S/C12H16FNO3/c1-12(6-15)11(16)5-10(17-12)8-3-2-7(14)4-9(8)13/h2-4,10-11,15-16H,5-6,14H2,1H3/t10-,11-,12-/m0/s1. The summed E-state index contributed by atoms with van der Waals surface area (Å²) in [5.74, 6) is -0.454. The van der Waals surface area contributed by atoms with Crippen molar-refractivity contribution in [1.29, 1.82) is 0 Å². The molecule has 4 nitrogen and oxygen atoms in total. The monoisotopic (exact) mass is 241 g/mol. The zero-order valence-corrected chi connectivity index (χ0v) is 9.56. The third kappa shape index (κ3) is 2.13. The van der Waals surface area contributed by atoms with Crippen LogP contribution in [0.15, 0.2) is 18.2 Å². The largest absolute Gasteiger partial charge is 0.399 e. The molecular formula is C12H16FNO3. The third-order valence-electron chi connectivity index (χ3n) is 3.24. The van der Waals surface area contributed by atoms with Gasteiger partial charge in [-0.15, -0.1) is 0 Å². The minimum absolute atomic E-state index is 0.262. The van der Waals surface area contributed by atoms with E-state index in [9.17, 15) is 14.6 Å². The van der Waals surface area contributed by atoms with Crippen LogP contribution in [0, 0.1) is 5.82 Å². The van der Waals surface area contributed by atoms with Crippen molar-refractivity contribution < 1.29 is 19.3 Å². The summed E-state index contributed by atoms with van der Waals surface area (Å²) in [4.78, 5) is 0. The SMILES string of the molecule is C[C@@]1(CO)O[C@H](c2ccc(N)cc2F)C[C@@H]1O. The number of anilines is 1. The Labute approximate surface area is 98.8 Å². The number of halogens is 1. The van der Waals surface area contributed by atoms with E-state index < -0.39 is 23.6 Å². The van der Waals surface area contributed by atoms with Crippen molar-refractivity contribution in [2.45, 2.75) is 31.2 Å². The third-order valence-corrected chi connectivity index (χ3v) is 3.24. The van der Waals surface area contributed by atoms with Crippen LogP contribution in [0.2, 0.25) is 0 Å². The molecule has 1 heterocycles. The van der Waals surface area contributed by atoms with Gasteiger partial charge in [-0.3, -0.25) is 0 Å². The zero-order valence-electron chi connectivity index (χ0n) is 9.56. The topological polar surface area (TPSA) is 75.7 Å². The number of benzene rings is 1. The Morgan fingerprint density at radius 2 is 2.29 bits per heavy atom. The second-order valence-corrected chi connectivity index (χ2v) is 4.61. The molecule has 0 bridgehead atoms. The van der Waals surface area contributed by atoms with Gasteiger partial charge in [-0.05, 0) is 19.1 Å². The number of aliphatic hydroxyl groups is 2. The molecule has 1 aliphatic rings. The first-order valence-electron chi connectivity index (χ1n) is 5.48. The fourth-order valence-corrected chi connectivity index (χ4v) is 2.04. The quantitative estimate of drug-likeness (QED) is 0.675. The van der Waals surface area contributed by atoms with E-state index >= 15 is 0 Å². The fourth-order valence-electron chi connectivity index (χ4n) is 2.04. The Bertz CT molecular complexity index is 426. The van der Waals surface area contributed by atoms with Crippen LogP contribution in [-0.4, -0.2) is 28.5 Å². The van der Waals surface area contributed by atoms with Crippen LogP contribution in [0.4, 0.5) is 10.1 Å². The second-order valence-electron chi connectivity index (χ2n) is 4.61. The first-order valence-corrected chi connectivity index (χ1v) is 5.48. The van der Waals surface area contributed by atoms with E-state index in [-0.39, 0.29) is 13.0 Å². The maximum absolute atomic E-state index is 13.7. The highest BCUT2D eigenvalue weighted by Gasteiger charge is 2.45. The number of rotatable bonds is 2. The van der Waals surface area contributed by atoms with E-state index in [1.165, 1.54) is 6.07 Å². The molecule has 0 unspecified atom stereocenters. The van der Waals surface area contributed by atoms with Crippen LogP contribution in [0.1, 0.15) is 25.0 Å². The molecule has 94 valence electrons. The maximum atomic E-state index is 13.7. The number of hydrogen-bond donors (Lipinski definition) is 3. The molecule has 17 heavy (non-hydrogen) atoms. The average Bonchev–Trinajstić information content (AvgIpc) is 2.56. The number of nitrogen functional groups attached to an aromatic ring is 1. The smallest absolute Gasteiger partial charge is 0.131 e. The van der Waals surface area contributed by atoms with Crippen molar-refractivity contribution in [3.8, 4) is 0 Å². The highest BCUT2D eigenvalue weighted by atomic mass is 19.1. The van der Waals surface area contributed by atoms with Crippen LogP contribution in [0.5, 0.6) is 0 Å². The lowest BCUT2D eigenvalue weighted by molar-refractivity contribution is -0.0998. The molecule has 0 amide bonds. The predicted octanol–water partition coefficient (Wildman–Crippen LogP) is 0.981. The molecule has 0 spiro atoms. The molecule has 5 heteroatoms. The molecule has 1 fully saturated rings. The van der Waals surface area contributed by atoms with Crippen molar-refractivity contribution in [3.63, 3.8) is 0 Å². The lowest BCUT2D eigenvalue weighted by atomic mass is 9.98. The summed E-state index contributed by atoms with van der Waals surface area (Å²) < 4.78 is 19.2. The Morgan fingerprint density at radius 3 is 2.82 bits per heavy atom. The molecule has 1 aromatic rings. The van der Waals surface area contributed by atoms with Crippen molar-refractivity contribution in [3.05, 3.63) is 29.6 Å². The Balaban J connectivity index is 2.26. The fraction of sp³-hybridized carbons (Fsp3) is 0.500. The molecule has 0 aliphatic carbocycles. The molecule has 1 saturated heterocycles. The van der Waals surface area contributed by atoms with E-state index in [1.54, 1.807) is 19.1 Å². The molecule has 2 rings (SSSR count). The average molecular weight is 241 g/mol. The van der Waals surface area contributed by atoms with E-state index in [0.29, 0.717) is 11.3 Å². The van der Waals surface area contributed by atoms with Crippen molar-refractivity contribution >= 4 is 5.69 Å². The summed E-state index contributed by atoms with van der Waals surface area (Å²) in [6, 6.07) is 4.35. The van der Waals surface area contributed by atoms with Crippen LogP contribution in [-0.2, 0) is 4.74 Å². The van der Waals surface area contributed by atoms with Gasteiger partial charge < -0.3 is 20.7 Å². The summed E-state index contributed by atoms with van der Waals surface area (Å²) in [6.45, 7) is 1.30. The lowest BCUT2D eigenvalue weighted by Gasteiger charge is -2.25. The van der Waals surface area contributed by atoms with Crippen molar-refractivity contribution in [2.75, 3.05) is 12.3 Å². The van der Waals surface area contributed by atoms with Gasteiger partial charge in [0.25, 0.3) is 0 Å². The number of hydrogen-bond acceptors (Lipinski definition) is 4. The van der Waals surface area contributed by atoms with Crippen molar-refractivity contribution in [1.82, 2.24) is 0 Å². The van der Waals surface area contributed by atoms with E-state index in [0.717, 1.165) is 0 Å². The summed E-state index contributed by atoms with van der Waals surface area (Å²) >= 11 is 0. The Hall–Kier alpha value is -1.17. The van der Waals surface area contributed by atoms with Gasteiger partial charge in [-0.1, -0.05) is 6.07 Å². The summed E-state index contributed by atoms with van der Waals surface area (Å²) in [6.07, 6.45) is -1.10. The normalized spacial score (nSPS) is 32.9. The predicted molar refractivity (Wildman–Crippen MR) is 60.8 cm³/mol. The minimum Gasteiger partial charge on any atom is -0.399 e. The van der Waals surface area contributed by atoms with E-state index in [1.807, 2.05) is 0 Å². The zero-order chi connectivity index (χ0) is 12.6. The molecule has 0 radical (unpaired) electrons. The molecule has 4 N–H and O–H groups in total. The minimum atomic E-state index is -1.03. The van der Waals surface area contributed by atoms with Crippen LogP contribution >= 0.6 is 0 Å². The highest BCUT2D eigenvalue weighted by molar-refractivity contribution is 5.41. The van der Waals surface area contributed by atoms with Gasteiger partial charge in [-0.25, -0.2) is 4.39 Å². The Kier molecular flexibility index (Phi) is 3.07. The second kappa shape index (κ2) is 4.25. The van der Waals surface area contributed by atoms with Gasteiger partial charge >= 0.3 is 0 Å². The highest BCUT2D eigenvalue weighted by Crippen LogP contribution is 2.40. The molecule has 1 aromatic carbocycles. The molecule has 1 aliphatic heterocycles. The molecular weight excluding hydrogens is 225 g/mol. The number of aliphatic hydroxyl groups excluding tert-OH is 2. The number of ether oxygens (including phenoxy) is 1. The molecule has 0 aromatic heterocycles. The van der Waals surface area contributed by atoms with Gasteiger partial charge in [0.2, 0.25) is 0 Å². The van der Waals surface area contributed by atoms with Gasteiger partial charge in [-0.2, -0.15) is 0 Å². The van der Waals surface area contributed by atoms with Crippen LogP contribution in [0.3, 0.4) is 0 Å². The van der Waals surface area contributed by atoms with Crippen LogP contribution < -0.4 is 5.73 Å². The summed E-state index contributed by atoms with van der Waals surface area (Å²) in [7, 11) is 0. The van der Waals surface area contributed by atoms with E-state index in [4.69, 9.17) is 10.5 Å². The summed E-state index contributed by atoms with van der Waals surface area (Å²) in [5, 5.41) is 19.0. The van der Waals surface area contributed by atoms with Crippen molar-refractivity contribution in [2.24, 2.45) is 0 Å². The Morgan fingerprint density at radius 1 is 1.59 bits per heavy atom.